The average molecular weight is 368 g/mol. The minimum atomic E-state index is -0.173. The summed E-state index contributed by atoms with van der Waals surface area (Å²) in [6, 6.07) is 9.67. The van der Waals surface area contributed by atoms with Gasteiger partial charge in [0, 0.05) is 36.6 Å². The van der Waals surface area contributed by atoms with Gasteiger partial charge in [-0.05, 0) is 12.5 Å². The molecule has 1 aromatic carbocycles. The highest BCUT2D eigenvalue weighted by Gasteiger charge is 2.12. The summed E-state index contributed by atoms with van der Waals surface area (Å²) in [5.74, 6) is 0.566. The maximum Gasteiger partial charge on any atom is 0.251 e. The number of hydrogen-bond donors (Lipinski definition) is 1. The van der Waals surface area contributed by atoms with E-state index in [1.165, 1.54) is 11.6 Å². The fraction of sp³-hybridized carbons (Fsp3) is 0.316. The van der Waals surface area contributed by atoms with Gasteiger partial charge < -0.3 is 9.72 Å². The Kier molecular flexibility index (Phi) is 4.92. The van der Waals surface area contributed by atoms with Gasteiger partial charge in [0.1, 0.15) is 11.5 Å². The van der Waals surface area contributed by atoms with Crippen LogP contribution in [0.4, 0.5) is 0 Å². The maximum atomic E-state index is 12.1. The number of nitrogens with zero attached hydrogens (tertiary/aromatic N) is 3. The number of rotatable bonds is 4. The molecule has 134 valence electrons. The van der Waals surface area contributed by atoms with Crippen molar-refractivity contribution < 1.29 is 4.74 Å². The molecule has 7 heteroatoms. The van der Waals surface area contributed by atoms with Crippen LogP contribution in [0.5, 0.6) is 0 Å². The minimum absolute atomic E-state index is 0.173. The van der Waals surface area contributed by atoms with Crippen LogP contribution in [0.15, 0.2) is 40.5 Å². The molecule has 0 bridgehead atoms. The summed E-state index contributed by atoms with van der Waals surface area (Å²) in [4.78, 5) is 26.3. The number of aromatic amines is 1. The molecule has 0 aliphatic carbocycles. The zero-order valence-corrected chi connectivity index (χ0v) is 15.4. The van der Waals surface area contributed by atoms with Crippen LogP contribution in [0.2, 0.25) is 0 Å². The standard InChI is InChI=1S/C19H20N4O2S/c1-13-20-17(12-26-13)16-10-18(24)22-19(21-16)15-4-2-14(3-5-15)11-23-6-8-25-9-7-23/h2-5,10,12H,6-9,11H2,1H3,(H,21,22,24). The average Bonchev–Trinajstić information content (AvgIpc) is 3.09. The van der Waals surface area contributed by atoms with Crippen LogP contribution in [0.1, 0.15) is 10.6 Å². The fourth-order valence-corrected chi connectivity index (χ4v) is 3.60. The Labute approximate surface area is 155 Å². The second-order valence-electron chi connectivity index (χ2n) is 6.32. The molecule has 0 amide bonds. The van der Waals surface area contributed by atoms with Crippen LogP contribution >= 0.6 is 11.3 Å². The Morgan fingerprint density at radius 1 is 1.15 bits per heavy atom. The van der Waals surface area contributed by atoms with E-state index in [1.807, 2.05) is 24.4 Å². The maximum absolute atomic E-state index is 12.1. The van der Waals surface area contributed by atoms with Gasteiger partial charge in [0.25, 0.3) is 5.56 Å². The summed E-state index contributed by atoms with van der Waals surface area (Å²) in [6.45, 7) is 6.37. The van der Waals surface area contributed by atoms with Crippen molar-refractivity contribution in [2.24, 2.45) is 0 Å². The Balaban J connectivity index is 1.57. The SMILES string of the molecule is Cc1nc(-c2cc(=O)[nH]c(-c3ccc(CN4CCOCC4)cc3)n2)cs1. The van der Waals surface area contributed by atoms with Crippen molar-refractivity contribution >= 4 is 11.3 Å². The van der Waals surface area contributed by atoms with E-state index >= 15 is 0 Å². The lowest BCUT2D eigenvalue weighted by molar-refractivity contribution is 0.0342. The van der Waals surface area contributed by atoms with Crippen LogP contribution in [-0.2, 0) is 11.3 Å². The first-order chi connectivity index (χ1) is 12.7. The Morgan fingerprint density at radius 2 is 1.92 bits per heavy atom. The lowest BCUT2D eigenvalue weighted by Crippen LogP contribution is -2.35. The highest BCUT2D eigenvalue weighted by Crippen LogP contribution is 2.22. The molecule has 0 saturated carbocycles. The van der Waals surface area contributed by atoms with Crippen molar-refractivity contribution in [1.82, 2.24) is 19.9 Å². The Hall–Kier alpha value is -2.35. The quantitative estimate of drug-likeness (QED) is 0.767. The van der Waals surface area contributed by atoms with Gasteiger partial charge in [-0.3, -0.25) is 9.69 Å². The summed E-state index contributed by atoms with van der Waals surface area (Å²) in [5, 5.41) is 2.88. The lowest BCUT2D eigenvalue weighted by Gasteiger charge is -2.26. The minimum Gasteiger partial charge on any atom is -0.379 e. The van der Waals surface area contributed by atoms with E-state index in [1.54, 1.807) is 11.3 Å². The molecule has 6 nitrogen and oxygen atoms in total. The predicted octanol–water partition coefficient (Wildman–Crippen LogP) is 2.70. The van der Waals surface area contributed by atoms with Crippen LogP contribution in [0.3, 0.4) is 0 Å². The molecule has 3 heterocycles. The van der Waals surface area contributed by atoms with Crippen molar-refractivity contribution in [3.05, 3.63) is 56.6 Å². The van der Waals surface area contributed by atoms with Crippen molar-refractivity contribution in [3.63, 3.8) is 0 Å². The first-order valence-electron chi connectivity index (χ1n) is 8.61. The van der Waals surface area contributed by atoms with E-state index in [-0.39, 0.29) is 5.56 Å². The zero-order chi connectivity index (χ0) is 17.9. The molecule has 3 aromatic rings. The molecular weight excluding hydrogens is 348 g/mol. The molecule has 2 aromatic heterocycles. The monoisotopic (exact) mass is 368 g/mol. The first kappa shape index (κ1) is 17.1. The van der Waals surface area contributed by atoms with Crippen molar-refractivity contribution in [2.75, 3.05) is 26.3 Å². The van der Waals surface area contributed by atoms with Gasteiger partial charge in [0.15, 0.2) is 0 Å². The first-order valence-corrected chi connectivity index (χ1v) is 9.49. The zero-order valence-electron chi connectivity index (χ0n) is 14.6. The molecule has 0 radical (unpaired) electrons. The number of thiazole rings is 1. The third kappa shape index (κ3) is 3.90. The van der Waals surface area contributed by atoms with Crippen LogP contribution in [0, 0.1) is 6.92 Å². The van der Waals surface area contributed by atoms with Crippen molar-refractivity contribution in [1.29, 1.82) is 0 Å². The van der Waals surface area contributed by atoms with E-state index in [9.17, 15) is 4.79 Å². The van der Waals surface area contributed by atoms with Gasteiger partial charge in [0.05, 0.1) is 23.9 Å². The summed E-state index contributed by atoms with van der Waals surface area (Å²) in [6.07, 6.45) is 0. The molecule has 1 saturated heterocycles. The van der Waals surface area contributed by atoms with E-state index in [0.717, 1.165) is 49.1 Å². The molecule has 1 N–H and O–H groups in total. The smallest absolute Gasteiger partial charge is 0.251 e. The molecule has 1 fully saturated rings. The normalized spacial score (nSPS) is 15.3. The second kappa shape index (κ2) is 7.49. The number of benzene rings is 1. The van der Waals surface area contributed by atoms with Crippen molar-refractivity contribution in [3.8, 4) is 22.8 Å². The Morgan fingerprint density at radius 3 is 2.62 bits per heavy atom. The number of aryl methyl sites for hydroxylation is 1. The summed E-state index contributed by atoms with van der Waals surface area (Å²) in [5.41, 5.74) is 3.30. The van der Waals surface area contributed by atoms with E-state index in [4.69, 9.17) is 4.74 Å². The van der Waals surface area contributed by atoms with Crippen LogP contribution < -0.4 is 5.56 Å². The predicted molar refractivity (Wildman–Crippen MR) is 102 cm³/mol. The largest absolute Gasteiger partial charge is 0.379 e. The number of aromatic nitrogens is 3. The van der Waals surface area contributed by atoms with Gasteiger partial charge in [-0.25, -0.2) is 9.97 Å². The summed E-state index contributed by atoms with van der Waals surface area (Å²) >= 11 is 1.55. The molecule has 0 atom stereocenters. The van der Waals surface area contributed by atoms with E-state index < -0.39 is 0 Å². The Bertz CT molecular complexity index is 943. The van der Waals surface area contributed by atoms with Gasteiger partial charge in [-0.15, -0.1) is 11.3 Å². The molecule has 1 aliphatic heterocycles. The highest BCUT2D eigenvalue weighted by molar-refractivity contribution is 7.09. The highest BCUT2D eigenvalue weighted by atomic mass is 32.1. The summed E-state index contributed by atoms with van der Waals surface area (Å²) in [7, 11) is 0. The number of hydrogen-bond acceptors (Lipinski definition) is 6. The van der Waals surface area contributed by atoms with Crippen LogP contribution in [-0.4, -0.2) is 46.2 Å². The number of morpholine rings is 1. The van der Waals surface area contributed by atoms with Gasteiger partial charge >= 0.3 is 0 Å². The third-order valence-electron chi connectivity index (χ3n) is 4.36. The lowest BCUT2D eigenvalue weighted by atomic mass is 10.1. The van der Waals surface area contributed by atoms with E-state index in [2.05, 4.69) is 32.0 Å². The second-order valence-corrected chi connectivity index (χ2v) is 7.38. The number of H-pyrrole nitrogens is 1. The molecule has 26 heavy (non-hydrogen) atoms. The van der Waals surface area contributed by atoms with E-state index in [0.29, 0.717) is 11.5 Å². The molecule has 4 rings (SSSR count). The molecule has 1 aliphatic rings. The third-order valence-corrected chi connectivity index (χ3v) is 5.13. The molecule has 0 unspecified atom stereocenters. The van der Waals surface area contributed by atoms with Crippen molar-refractivity contribution in [2.45, 2.75) is 13.5 Å². The number of ether oxygens (including phenoxy) is 1. The van der Waals surface area contributed by atoms with Crippen LogP contribution in [0.25, 0.3) is 22.8 Å². The summed E-state index contributed by atoms with van der Waals surface area (Å²) < 4.78 is 5.39. The number of nitrogens with one attached hydrogen (secondary N) is 1. The van der Waals surface area contributed by atoms with Gasteiger partial charge in [0.2, 0.25) is 0 Å². The van der Waals surface area contributed by atoms with Gasteiger partial charge in [-0.1, -0.05) is 24.3 Å². The molecular formula is C19H20N4O2S. The van der Waals surface area contributed by atoms with Gasteiger partial charge in [-0.2, -0.15) is 0 Å². The fourth-order valence-electron chi connectivity index (χ4n) is 2.99. The topological polar surface area (TPSA) is 71.1 Å². The molecule has 0 spiro atoms.